The Bertz CT molecular complexity index is 985. The normalized spacial score (nSPS) is 25.0. The summed E-state index contributed by atoms with van der Waals surface area (Å²) in [6.07, 6.45) is 6.44. The summed E-state index contributed by atoms with van der Waals surface area (Å²) in [5, 5.41) is 0. The van der Waals surface area contributed by atoms with Crippen molar-refractivity contribution in [2.45, 2.75) is 31.2 Å². The fourth-order valence-corrected chi connectivity index (χ4v) is 4.99. The van der Waals surface area contributed by atoms with Gasteiger partial charge in [-0.15, -0.1) is 4.40 Å². The second-order valence-corrected chi connectivity index (χ2v) is 9.69. The minimum Gasteiger partial charge on any atom is -0.368 e. The first-order valence-electron chi connectivity index (χ1n) is 10.1. The van der Waals surface area contributed by atoms with Crippen LogP contribution in [0.3, 0.4) is 0 Å². The number of carbonyl (C=O) groups excluding carboxylic acids is 2. The Kier molecular flexibility index (Phi) is 5.21. The Morgan fingerprint density at radius 1 is 1.10 bits per heavy atom. The molecule has 3 saturated heterocycles. The third-order valence-electron chi connectivity index (χ3n) is 5.93. The quantitative estimate of drug-likeness (QED) is 0.562. The minimum atomic E-state index is -3.56. The van der Waals surface area contributed by atoms with E-state index in [1.165, 1.54) is 0 Å². The molecule has 0 bridgehead atoms. The molecule has 9 nitrogen and oxygen atoms in total. The second-order valence-electron chi connectivity index (χ2n) is 8.04. The lowest BCUT2D eigenvalue weighted by molar-refractivity contribution is -0.126. The van der Waals surface area contributed by atoms with Gasteiger partial charge in [0.1, 0.15) is 11.4 Å². The maximum atomic E-state index is 13.0. The van der Waals surface area contributed by atoms with Crippen molar-refractivity contribution in [1.29, 1.82) is 0 Å². The number of piperidine rings is 1. The van der Waals surface area contributed by atoms with Crippen molar-refractivity contribution in [3.05, 3.63) is 36.2 Å². The van der Waals surface area contributed by atoms with Gasteiger partial charge < -0.3 is 15.5 Å². The molecular weight excluding hydrogens is 406 g/mol. The fourth-order valence-electron chi connectivity index (χ4n) is 4.45. The van der Waals surface area contributed by atoms with E-state index in [1.54, 1.807) is 34.1 Å². The van der Waals surface area contributed by atoms with E-state index in [2.05, 4.69) is 4.40 Å². The van der Waals surface area contributed by atoms with E-state index in [4.69, 9.17) is 5.73 Å². The maximum absolute atomic E-state index is 13.0. The zero-order valence-electron chi connectivity index (χ0n) is 17.0. The number of hydrogen-bond acceptors (Lipinski definition) is 4. The summed E-state index contributed by atoms with van der Waals surface area (Å²) in [5.74, 6) is -0.0973. The summed E-state index contributed by atoms with van der Waals surface area (Å²) >= 11 is 0. The molecule has 10 heteroatoms. The van der Waals surface area contributed by atoms with Gasteiger partial charge in [0.05, 0.1) is 12.8 Å². The van der Waals surface area contributed by atoms with Crippen LogP contribution in [-0.4, -0.2) is 74.0 Å². The molecule has 3 amide bonds. The summed E-state index contributed by atoms with van der Waals surface area (Å²) in [6, 6.07) is 6.80. The maximum Gasteiger partial charge on any atom is 0.325 e. The molecule has 3 heterocycles. The predicted molar refractivity (Wildman–Crippen MR) is 114 cm³/mol. The summed E-state index contributed by atoms with van der Waals surface area (Å²) in [6.45, 7) is 2.18. The van der Waals surface area contributed by atoms with E-state index in [0.717, 1.165) is 45.0 Å². The molecular formula is C20H26N5O4S. The van der Waals surface area contributed by atoms with E-state index < -0.39 is 21.5 Å². The average Bonchev–Trinajstić information content (AvgIpc) is 3.33. The number of amidine groups is 1. The van der Waals surface area contributed by atoms with Crippen molar-refractivity contribution in [1.82, 2.24) is 9.80 Å². The molecule has 0 unspecified atom stereocenters. The number of nitrogens with zero attached hydrogens (tertiary/aromatic N) is 4. The molecule has 1 aromatic carbocycles. The number of likely N-dealkylation sites (tertiary alicyclic amines) is 1. The van der Waals surface area contributed by atoms with E-state index in [9.17, 15) is 18.0 Å². The molecule has 3 aliphatic rings. The van der Waals surface area contributed by atoms with Crippen molar-refractivity contribution in [2.24, 2.45) is 10.1 Å². The fraction of sp³-hybridized carbons (Fsp3) is 0.500. The number of anilines is 1. The van der Waals surface area contributed by atoms with Crippen LogP contribution >= 0.6 is 0 Å². The molecule has 3 aliphatic heterocycles. The smallest absolute Gasteiger partial charge is 0.325 e. The molecule has 0 saturated carbocycles. The van der Waals surface area contributed by atoms with Crippen LogP contribution in [0, 0.1) is 6.42 Å². The molecule has 1 atom stereocenters. The van der Waals surface area contributed by atoms with Crippen molar-refractivity contribution >= 4 is 33.5 Å². The number of nitrogens with two attached hydrogens (primary N) is 1. The Morgan fingerprint density at radius 3 is 2.33 bits per heavy atom. The molecule has 161 valence electrons. The third-order valence-corrected chi connectivity index (χ3v) is 6.44. The average molecular weight is 433 g/mol. The first-order chi connectivity index (χ1) is 14.2. The zero-order valence-corrected chi connectivity index (χ0v) is 17.8. The van der Waals surface area contributed by atoms with Gasteiger partial charge in [-0.25, -0.2) is 13.2 Å². The van der Waals surface area contributed by atoms with Crippen LogP contribution in [-0.2, 0) is 14.8 Å². The highest BCUT2D eigenvalue weighted by Crippen LogP contribution is 2.37. The van der Waals surface area contributed by atoms with Gasteiger partial charge in [-0.2, -0.15) is 0 Å². The van der Waals surface area contributed by atoms with Gasteiger partial charge in [-0.1, -0.05) is 0 Å². The molecule has 1 radical (unpaired) electrons. The molecule has 2 N–H and O–H groups in total. The molecule has 0 spiro atoms. The van der Waals surface area contributed by atoms with Crippen LogP contribution in [0.2, 0.25) is 0 Å². The number of primary amides is 1. The van der Waals surface area contributed by atoms with Gasteiger partial charge >= 0.3 is 6.03 Å². The van der Waals surface area contributed by atoms with Crippen LogP contribution < -0.4 is 10.6 Å². The number of sulfonamides is 1. The van der Waals surface area contributed by atoms with Crippen LogP contribution in [0.4, 0.5) is 10.5 Å². The number of amides is 3. The largest absolute Gasteiger partial charge is 0.368 e. The first-order valence-corrected chi connectivity index (χ1v) is 11.9. The molecule has 4 rings (SSSR count). The summed E-state index contributed by atoms with van der Waals surface area (Å²) in [5.41, 5.74) is 5.90. The van der Waals surface area contributed by atoms with Gasteiger partial charge in [0.2, 0.25) is 5.91 Å². The van der Waals surface area contributed by atoms with Crippen LogP contribution in [0.15, 0.2) is 28.7 Å². The first kappa shape index (κ1) is 20.6. The standard InChI is InChI=1S/C20H26N5O4S/c1-30(28,29)22-17(23-11-4-5-12-23)15-6-8-16(9-7-15)24-14-20(18(21)26)10-2-3-13-25(20)19(24)27/h6-10H,2-5,11-14H2,1H3,(H2,21,26)/t20-/m1/s1. The van der Waals surface area contributed by atoms with E-state index >= 15 is 0 Å². The number of benzene rings is 1. The van der Waals surface area contributed by atoms with Crippen molar-refractivity contribution < 1.29 is 18.0 Å². The number of urea groups is 1. The van der Waals surface area contributed by atoms with Gasteiger partial charge in [0, 0.05) is 30.9 Å². The van der Waals surface area contributed by atoms with Crippen LogP contribution in [0.1, 0.15) is 31.2 Å². The monoisotopic (exact) mass is 432 g/mol. The Morgan fingerprint density at radius 2 is 1.77 bits per heavy atom. The Labute approximate surface area is 176 Å². The van der Waals surface area contributed by atoms with E-state index in [0.29, 0.717) is 23.6 Å². The molecule has 3 fully saturated rings. The van der Waals surface area contributed by atoms with Gasteiger partial charge in [-0.05, 0) is 56.4 Å². The zero-order chi connectivity index (χ0) is 21.5. The SMILES string of the molecule is CS(=O)(=O)N=C(c1ccc(N2C[C@@]3(C(N)=O)[CH]CCCN3C2=O)cc1)N1CCCC1. The highest BCUT2D eigenvalue weighted by molar-refractivity contribution is 7.89. The highest BCUT2D eigenvalue weighted by Gasteiger charge is 2.55. The molecule has 0 aromatic heterocycles. The van der Waals surface area contributed by atoms with E-state index in [1.807, 2.05) is 11.3 Å². The van der Waals surface area contributed by atoms with Gasteiger partial charge in [-0.3, -0.25) is 9.69 Å². The van der Waals surface area contributed by atoms with Crippen LogP contribution in [0.25, 0.3) is 0 Å². The van der Waals surface area contributed by atoms with Crippen molar-refractivity contribution in [3.63, 3.8) is 0 Å². The lowest BCUT2D eigenvalue weighted by Crippen LogP contribution is -2.59. The molecule has 30 heavy (non-hydrogen) atoms. The Balaban J connectivity index is 1.64. The van der Waals surface area contributed by atoms with Gasteiger partial charge in [0.25, 0.3) is 10.0 Å². The van der Waals surface area contributed by atoms with Crippen molar-refractivity contribution in [2.75, 3.05) is 37.3 Å². The number of rotatable bonds is 4. The molecule has 0 aliphatic carbocycles. The highest BCUT2D eigenvalue weighted by atomic mass is 32.2. The summed E-state index contributed by atoms with van der Waals surface area (Å²) in [7, 11) is -3.56. The summed E-state index contributed by atoms with van der Waals surface area (Å²) < 4.78 is 27.6. The van der Waals surface area contributed by atoms with E-state index in [-0.39, 0.29) is 12.6 Å². The lowest BCUT2D eigenvalue weighted by Gasteiger charge is -2.37. The number of hydrogen-bond donors (Lipinski definition) is 1. The minimum absolute atomic E-state index is 0.178. The molecule has 1 aromatic rings. The second kappa shape index (κ2) is 7.57. The number of carbonyl (C=O) groups is 2. The third kappa shape index (κ3) is 3.64. The summed E-state index contributed by atoms with van der Waals surface area (Å²) in [4.78, 5) is 30.2. The lowest BCUT2D eigenvalue weighted by atomic mass is 9.87. The van der Waals surface area contributed by atoms with Crippen LogP contribution in [0.5, 0.6) is 0 Å². The Hall–Kier alpha value is -2.62. The van der Waals surface area contributed by atoms with Crippen molar-refractivity contribution in [3.8, 4) is 0 Å². The predicted octanol–water partition coefficient (Wildman–Crippen LogP) is 0.953. The van der Waals surface area contributed by atoms with Gasteiger partial charge in [0.15, 0.2) is 0 Å². The number of fused-ring (bicyclic) bond motifs is 1. The topological polar surface area (TPSA) is 116 Å².